The van der Waals surface area contributed by atoms with Crippen molar-refractivity contribution in [3.05, 3.63) is 62.5 Å². The second-order valence-corrected chi connectivity index (χ2v) is 8.96. The molecule has 4 heterocycles. The van der Waals surface area contributed by atoms with Crippen molar-refractivity contribution in [3.63, 3.8) is 0 Å². The van der Waals surface area contributed by atoms with Gasteiger partial charge < -0.3 is 10.2 Å². The average molecular weight is 424 g/mol. The zero-order valence-corrected chi connectivity index (χ0v) is 17.7. The van der Waals surface area contributed by atoms with E-state index in [4.69, 9.17) is 0 Å². The Balaban J connectivity index is 1.22. The lowest BCUT2D eigenvalue weighted by molar-refractivity contribution is -0.117. The molecule has 0 bridgehead atoms. The number of hydrogen-bond donors (Lipinski definition) is 1. The summed E-state index contributed by atoms with van der Waals surface area (Å²) in [6, 6.07) is 10.1. The Hall–Kier alpha value is -2.87. The molecule has 7 nitrogen and oxygen atoms in total. The predicted octanol–water partition coefficient (Wildman–Crippen LogP) is 3.03. The summed E-state index contributed by atoms with van der Waals surface area (Å²) in [5.41, 5.74) is 3.10. The van der Waals surface area contributed by atoms with Gasteiger partial charge in [0.05, 0.1) is 0 Å². The number of carbonyl (C=O) groups excluding carboxylic acids is 1. The van der Waals surface area contributed by atoms with Crippen LogP contribution in [0.25, 0.3) is 0 Å². The molecule has 5 rings (SSSR count). The number of benzene rings is 1. The fourth-order valence-corrected chi connectivity index (χ4v) is 5.18. The highest BCUT2D eigenvalue weighted by Crippen LogP contribution is 2.28. The van der Waals surface area contributed by atoms with Gasteiger partial charge in [-0.3, -0.25) is 9.36 Å². The number of thiophene rings is 1. The number of amides is 1. The van der Waals surface area contributed by atoms with Crippen LogP contribution in [-0.2, 0) is 37.3 Å². The maximum atomic E-state index is 12.5. The molecule has 2 aliphatic heterocycles. The summed E-state index contributed by atoms with van der Waals surface area (Å²) < 4.78 is 3.00. The first-order valence-corrected chi connectivity index (χ1v) is 11.4. The Labute approximate surface area is 178 Å². The summed E-state index contributed by atoms with van der Waals surface area (Å²) in [7, 11) is 0. The maximum Gasteiger partial charge on any atom is 0.346 e. The van der Waals surface area contributed by atoms with Gasteiger partial charge in [-0.2, -0.15) is 5.10 Å². The number of aryl methyl sites for hydroxylation is 1. The quantitative estimate of drug-likeness (QED) is 0.700. The zero-order valence-electron chi connectivity index (χ0n) is 16.8. The molecule has 1 aromatic carbocycles. The third-order valence-corrected chi connectivity index (χ3v) is 6.92. The average Bonchev–Trinajstić information content (AvgIpc) is 3.25. The normalized spacial score (nSPS) is 15.9. The Kier molecular flexibility index (Phi) is 5.16. The number of hydrogen-bond acceptors (Lipinski definition) is 5. The molecule has 0 aliphatic carbocycles. The Morgan fingerprint density at radius 3 is 2.80 bits per heavy atom. The fourth-order valence-electron chi connectivity index (χ4n) is 4.29. The van der Waals surface area contributed by atoms with E-state index in [0.717, 1.165) is 62.4 Å². The summed E-state index contributed by atoms with van der Waals surface area (Å²) in [6.07, 6.45) is 5.02. The van der Waals surface area contributed by atoms with Crippen molar-refractivity contribution in [2.75, 3.05) is 16.8 Å². The lowest BCUT2D eigenvalue weighted by atomic mass is 10.1. The summed E-state index contributed by atoms with van der Waals surface area (Å²) >= 11 is 1.84. The van der Waals surface area contributed by atoms with Crippen molar-refractivity contribution in [2.45, 2.75) is 51.7 Å². The van der Waals surface area contributed by atoms with Gasteiger partial charge >= 0.3 is 5.69 Å². The van der Waals surface area contributed by atoms with E-state index in [-0.39, 0.29) is 18.1 Å². The van der Waals surface area contributed by atoms with Gasteiger partial charge in [-0.1, -0.05) is 6.42 Å². The van der Waals surface area contributed by atoms with Crippen LogP contribution in [0.5, 0.6) is 0 Å². The van der Waals surface area contributed by atoms with Gasteiger partial charge in [-0.25, -0.2) is 9.48 Å². The Morgan fingerprint density at radius 1 is 1.07 bits per heavy atom. The number of rotatable bonds is 4. The van der Waals surface area contributed by atoms with Gasteiger partial charge in [-0.15, -0.1) is 11.3 Å². The highest BCUT2D eigenvalue weighted by atomic mass is 32.1. The molecule has 1 N–H and O–H groups in total. The maximum absolute atomic E-state index is 12.5. The molecule has 0 saturated carbocycles. The monoisotopic (exact) mass is 423 g/mol. The van der Waals surface area contributed by atoms with Crippen molar-refractivity contribution >= 4 is 28.6 Å². The van der Waals surface area contributed by atoms with Gasteiger partial charge in [0.25, 0.3) is 0 Å². The van der Waals surface area contributed by atoms with E-state index in [2.05, 4.69) is 26.8 Å². The molecule has 0 unspecified atom stereocenters. The van der Waals surface area contributed by atoms with E-state index in [9.17, 15) is 9.59 Å². The smallest absolute Gasteiger partial charge is 0.346 e. The fraction of sp³-hybridized carbons (Fsp3) is 0.409. The number of carbonyl (C=O) groups is 1. The molecule has 156 valence electrons. The van der Waals surface area contributed by atoms with E-state index in [1.54, 1.807) is 4.57 Å². The predicted molar refractivity (Wildman–Crippen MR) is 118 cm³/mol. The molecule has 0 radical (unpaired) electrons. The first kappa shape index (κ1) is 19.1. The number of fused-ring (bicyclic) bond motifs is 2. The molecule has 2 aromatic heterocycles. The van der Waals surface area contributed by atoms with Crippen LogP contribution in [0.1, 0.15) is 35.5 Å². The molecule has 30 heavy (non-hydrogen) atoms. The summed E-state index contributed by atoms with van der Waals surface area (Å²) in [4.78, 5) is 28.8. The topological polar surface area (TPSA) is 72.2 Å². The minimum Gasteiger partial charge on any atom is -0.367 e. The van der Waals surface area contributed by atoms with Gasteiger partial charge in [0.15, 0.2) is 0 Å². The van der Waals surface area contributed by atoms with Crippen LogP contribution in [0.2, 0.25) is 0 Å². The Bertz CT molecular complexity index is 1110. The second-order valence-electron chi connectivity index (χ2n) is 7.95. The summed E-state index contributed by atoms with van der Waals surface area (Å²) in [6.45, 7) is 2.57. The van der Waals surface area contributed by atoms with E-state index >= 15 is 0 Å². The van der Waals surface area contributed by atoms with Gasteiger partial charge in [0, 0.05) is 42.3 Å². The largest absolute Gasteiger partial charge is 0.367 e. The van der Waals surface area contributed by atoms with Crippen LogP contribution in [0.15, 0.2) is 40.5 Å². The van der Waals surface area contributed by atoms with Crippen LogP contribution in [0.3, 0.4) is 0 Å². The zero-order chi connectivity index (χ0) is 20.5. The molecule has 3 aromatic rings. The molecule has 0 atom stereocenters. The summed E-state index contributed by atoms with van der Waals surface area (Å²) in [5, 5.41) is 9.43. The number of nitrogens with zero attached hydrogens (tertiary/aromatic N) is 4. The van der Waals surface area contributed by atoms with Crippen LogP contribution < -0.4 is 15.9 Å². The minimum absolute atomic E-state index is 0.0619. The van der Waals surface area contributed by atoms with Crippen LogP contribution in [0, 0.1) is 0 Å². The van der Waals surface area contributed by atoms with Crippen LogP contribution in [-0.4, -0.2) is 26.8 Å². The molecular formula is C22H25N5O2S. The van der Waals surface area contributed by atoms with Gasteiger partial charge in [0.2, 0.25) is 5.91 Å². The van der Waals surface area contributed by atoms with Crippen molar-refractivity contribution in [2.24, 2.45) is 0 Å². The summed E-state index contributed by atoms with van der Waals surface area (Å²) in [5.74, 6) is 0.559. The molecule has 8 heteroatoms. The molecule has 0 saturated heterocycles. The SMILES string of the molecule is O=C(Cn1nc2n(c1=O)CCCCC2)Nc1ccc(N2CCc3sccc3C2)cc1. The molecule has 0 spiro atoms. The lowest BCUT2D eigenvalue weighted by Crippen LogP contribution is -2.30. The highest BCUT2D eigenvalue weighted by molar-refractivity contribution is 7.10. The van der Waals surface area contributed by atoms with Crippen molar-refractivity contribution in [1.29, 1.82) is 0 Å². The van der Waals surface area contributed by atoms with Crippen molar-refractivity contribution in [3.8, 4) is 0 Å². The number of aromatic nitrogens is 3. The molecule has 0 fully saturated rings. The van der Waals surface area contributed by atoms with Crippen LogP contribution in [0.4, 0.5) is 11.4 Å². The van der Waals surface area contributed by atoms with Gasteiger partial charge in [0.1, 0.15) is 12.4 Å². The molecule has 1 amide bonds. The van der Waals surface area contributed by atoms with Crippen LogP contribution >= 0.6 is 11.3 Å². The number of nitrogens with one attached hydrogen (secondary N) is 1. The van der Waals surface area contributed by atoms with E-state index in [1.165, 1.54) is 15.1 Å². The Morgan fingerprint density at radius 2 is 1.93 bits per heavy atom. The lowest BCUT2D eigenvalue weighted by Gasteiger charge is -2.29. The molecular weight excluding hydrogens is 398 g/mol. The number of anilines is 2. The second kappa shape index (κ2) is 8.10. The van der Waals surface area contributed by atoms with E-state index in [0.29, 0.717) is 6.54 Å². The first-order chi connectivity index (χ1) is 14.7. The van der Waals surface area contributed by atoms with Crippen molar-refractivity contribution in [1.82, 2.24) is 14.3 Å². The van der Waals surface area contributed by atoms with E-state index < -0.39 is 0 Å². The van der Waals surface area contributed by atoms with E-state index in [1.807, 2.05) is 35.6 Å². The van der Waals surface area contributed by atoms with Gasteiger partial charge in [-0.05, 0) is 60.5 Å². The highest BCUT2D eigenvalue weighted by Gasteiger charge is 2.19. The standard InChI is InChI=1S/C22H25N5O2S/c28-21(15-27-22(29)26-11-3-1-2-4-20(26)24-27)23-17-5-7-18(8-6-17)25-12-9-19-16(14-25)10-13-30-19/h5-8,10,13H,1-4,9,11-12,14-15H2,(H,23,28). The molecule has 2 aliphatic rings. The first-order valence-electron chi connectivity index (χ1n) is 10.5. The third-order valence-electron chi connectivity index (χ3n) is 5.90. The van der Waals surface area contributed by atoms with Crippen molar-refractivity contribution < 1.29 is 4.79 Å². The minimum atomic E-state index is -0.237. The third kappa shape index (κ3) is 3.79.